The monoisotopic (exact) mass is 491 g/mol. The summed E-state index contributed by atoms with van der Waals surface area (Å²) >= 11 is 7.20. The van der Waals surface area contributed by atoms with Crippen LogP contribution >= 0.6 is 22.9 Å². The van der Waals surface area contributed by atoms with Gasteiger partial charge >= 0.3 is 0 Å². The summed E-state index contributed by atoms with van der Waals surface area (Å²) in [5.74, 6) is 0.0868. The number of benzene rings is 2. The second-order valence-corrected chi connectivity index (χ2v) is 10.6. The van der Waals surface area contributed by atoms with Gasteiger partial charge in [-0.05, 0) is 61.4 Å². The molecule has 1 saturated heterocycles. The molecule has 1 N–H and O–H groups in total. The number of hydrogen-bond acceptors (Lipinski definition) is 6. The molecule has 0 radical (unpaired) electrons. The molecule has 10 heteroatoms. The Bertz CT molecular complexity index is 1190. The van der Waals surface area contributed by atoms with E-state index in [1.165, 1.54) is 27.8 Å². The zero-order valence-corrected chi connectivity index (χ0v) is 19.7. The summed E-state index contributed by atoms with van der Waals surface area (Å²) < 4.78 is 32.5. The summed E-state index contributed by atoms with van der Waals surface area (Å²) in [5, 5.41) is 5.67. The Kier molecular flexibility index (Phi) is 6.80. The van der Waals surface area contributed by atoms with Crippen LogP contribution in [0.1, 0.15) is 12.8 Å². The highest BCUT2D eigenvalue weighted by Gasteiger charge is 2.33. The van der Waals surface area contributed by atoms with Gasteiger partial charge in [-0.15, -0.1) is 11.3 Å². The first-order valence-electron chi connectivity index (χ1n) is 10.0. The molecule has 2 aromatic carbocycles. The van der Waals surface area contributed by atoms with Gasteiger partial charge in [0.25, 0.3) is 0 Å². The van der Waals surface area contributed by atoms with E-state index < -0.39 is 15.9 Å². The number of rotatable bonds is 6. The lowest BCUT2D eigenvalue weighted by Crippen LogP contribution is -2.43. The zero-order valence-electron chi connectivity index (χ0n) is 17.3. The molecule has 1 unspecified atom stereocenters. The molecule has 4 rings (SSSR count). The predicted molar refractivity (Wildman–Crippen MR) is 126 cm³/mol. The maximum absolute atomic E-state index is 13.0. The molecule has 7 nitrogen and oxygen atoms in total. The first kappa shape index (κ1) is 22.7. The van der Waals surface area contributed by atoms with Crippen LogP contribution in [0.15, 0.2) is 58.8 Å². The van der Waals surface area contributed by atoms with Crippen molar-refractivity contribution >= 4 is 44.0 Å². The number of carbonyl (C=O) groups is 1. The minimum atomic E-state index is -3.68. The maximum atomic E-state index is 13.0. The predicted octanol–water partition coefficient (Wildman–Crippen LogP) is 4.51. The molecular formula is C22H22ClN3O4S2. The standard InChI is InChI=1S/C22H22ClN3O4S2/c1-30-18-8-4-15(5-9-18)20-14-31-22(24-20)25-21(27)16-3-2-12-26(13-16)32(28,29)19-10-6-17(23)7-11-19/h4-11,14,16H,2-3,12-13H2,1H3,(H,24,25,27). The lowest BCUT2D eigenvalue weighted by molar-refractivity contribution is -0.120. The average molecular weight is 492 g/mol. The van der Waals surface area contributed by atoms with Crippen LogP contribution in [0.3, 0.4) is 0 Å². The molecule has 0 aliphatic carbocycles. The van der Waals surface area contributed by atoms with E-state index >= 15 is 0 Å². The topological polar surface area (TPSA) is 88.6 Å². The summed E-state index contributed by atoms with van der Waals surface area (Å²) in [4.78, 5) is 17.5. The van der Waals surface area contributed by atoms with Crippen LogP contribution < -0.4 is 10.1 Å². The molecule has 32 heavy (non-hydrogen) atoms. The molecule has 0 bridgehead atoms. The van der Waals surface area contributed by atoms with Crippen molar-refractivity contribution in [3.05, 3.63) is 58.9 Å². The molecular weight excluding hydrogens is 470 g/mol. The van der Waals surface area contributed by atoms with Crippen molar-refractivity contribution in [3.8, 4) is 17.0 Å². The van der Waals surface area contributed by atoms with E-state index in [-0.39, 0.29) is 17.3 Å². The fourth-order valence-electron chi connectivity index (χ4n) is 3.56. The third kappa shape index (κ3) is 4.96. The Labute approximate surface area is 196 Å². The number of ether oxygens (including phenoxy) is 1. The SMILES string of the molecule is COc1ccc(-c2csc(NC(=O)C3CCCN(S(=O)(=O)c4ccc(Cl)cc4)C3)n2)cc1. The number of carbonyl (C=O) groups excluding carboxylic acids is 1. The molecule has 3 aromatic rings. The highest BCUT2D eigenvalue weighted by Crippen LogP contribution is 2.29. The third-order valence-corrected chi connectivity index (χ3v) is 8.22. The Morgan fingerprint density at radius 1 is 1.19 bits per heavy atom. The van der Waals surface area contributed by atoms with Gasteiger partial charge < -0.3 is 10.1 Å². The third-order valence-electron chi connectivity index (χ3n) is 5.33. The molecule has 168 valence electrons. The van der Waals surface area contributed by atoms with Gasteiger partial charge in [0.2, 0.25) is 15.9 Å². The van der Waals surface area contributed by atoms with E-state index in [1.807, 2.05) is 29.6 Å². The largest absolute Gasteiger partial charge is 0.497 e. The number of hydrogen-bond donors (Lipinski definition) is 1. The minimum Gasteiger partial charge on any atom is -0.497 e. The smallest absolute Gasteiger partial charge is 0.243 e. The van der Waals surface area contributed by atoms with Gasteiger partial charge in [-0.3, -0.25) is 4.79 Å². The Balaban J connectivity index is 1.42. The fraction of sp³-hybridized carbons (Fsp3) is 0.273. The number of thiazole rings is 1. The van der Waals surface area contributed by atoms with E-state index in [0.717, 1.165) is 17.0 Å². The van der Waals surface area contributed by atoms with Gasteiger partial charge in [-0.1, -0.05) is 11.6 Å². The number of methoxy groups -OCH3 is 1. The summed E-state index contributed by atoms with van der Waals surface area (Å²) in [6, 6.07) is 13.6. The number of halogens is 1. The molecule has 1 aliphatic heterocycles. The number of amides is 1. The second kappa shape index (κ2) is 9.58. The summed E-state index contributed by atoms with van der Waals surface area (Å²) in [6.45, 7) is 0.515. The number of nitrogens with one attached hydrogen (secondary N) is 1. The van der Waals surface area contributed by atoms with E-state index in [1.54, 1.807) is 19.2 Å². The van der Waals surface area contributed by atoms with Crippen molar-refractivity contribution in [2.45, 2.75) is 17.7 Å². The van der Waals surface area contributed by atoms with Crippen molar-refractivity contribution in [3.63, 3.8) is 0 Å². The van der Waals surface area contributed by atoms with Crippen molar-refractivity contribution < 1.29 is 17.9 Å². The molecule has 1 amide bonds. The molecule has 1 aromatic heterocycles. The van der Waals surface area contributed by atoms with Crippen LogP contribution in [0.25, 0.3) is 11.3 Å². The minimum absolute atomic E-state index is 0.132. The van der Waals surface area contributed by atoms with E-state index in [9.17, 15) is 13.2 Å². The van der Waals surface area contributed by atoms with Gasteiger partial charge in [0.15, 0.2) is 5.13 Å². The zero-order chi connectivity index (χ0) is 22.7. The average Bonchev–Trinajstić information content (AvgIpc) is 3.28. The Morgan fingerprint density at radius 2 is 1.91 bits per heavy atom. The molecule has 0 saturated carbocycles. The first-order valence-corrected chi connectivity index (χ1v) is 12.7. The molecule has 0 spiro atoms. The second-order valence-electron chi connectivity index (χ2n) is 7.41. The fourth-order valence-corrected chi connectivity index (χ4v) is 5.94. The van der Waals surface area contributed by atoms with Gasteiger partial charge in [-0.2, -0.15) is 4.31 Å². The number of sulfonamides is 1. The van der Waals surface area contributed by atoms with Crippen molar-refractivity contribution in [2.24, 2.45) is 5.92 Å². The number of anilines is 1. The van der Waals surface area contributed by atoms with E-state index in [0.29, 0.717) is 29.5 Å². The van der Waals surface area contributed by atoms with Gasteiger partial charge in [-0.25, -0.2) is 13.4 Å². The summed E-state index contributed by atoms with van der Waals surface area (Å²) in [6.07, 6.45) is 1.23. The first-order chi connectivity index (χ1) is 15.4. The van der Waals surface area contributed by atoms with Crippen LogP contribution in [0.2, 0.25) is 5.02 Å². The number of nitrogens with zero attached hydrogens (tertiary/aromatic N) is 2. The quantitative estimate of drug-likeness (QED) is 0.548. The Hall–Kier alpha value is -2.46. The highest BCUT2D eigenvalue weighted by molar-refractivity contribution is 7.89. The van der Waals surface area contributed by atoms with E-state index in [2.05, 4.69) is 10.3 Å². The van der Waals surface area contributed by atoms with Crippen LogP contribution in [-0.2, 0) is 14.8 Å². The summed E-state index contributed by atoms with van der Waals surface area (Å²) in [7, 11) is -2.07. The van der Waals surface area contributed by atoms with Crippen molar-refractivity contribution in [1.82, 2.24) is 9.29 Å². The van der Waals surface area contributed by atoms with Crippen LogP contribution in [0.5, 0.6) is 5.75 Å². The maximum Gasteiger partial charge on any atom is 0.243 e. The molecule has 1 aliphatic rings. The van der Waals surface area contributed by atoms with Gasteiger partial charge in [0.1, 0.15) is 5.75 Å². The lowest BCUT2D eigenvalue weighted by atomic mass is 9.99. The van der Waals surface area contributed by atoms with Crippen molar-refractivity contribution in [2.75, 3.05) is 25.5 Å². The van der Waals surface area contributed by atoms with Crippen LogP contribution in [0.4, 0.5) is 5.13 Å². The molecule has 2 heterocycles. The van der Waals surface area contributed by atoms with Crippen LogP contribution in [-0.4, -0.2) is 43.8 Å². The van der Waals surface area contributed by atoms with Gasteiger partial charge in [0, 0.05) is 29.1 Å². The molecule has 1 fully saturated rings. The highest BCUT2D eigenvalue weighted by atomic mass is 35.5. The number of aromatic nitrogens is 1. The Morgan fingerprint density at radius 3 is 2.59 bits per heavy atom. The molecule has 1 atom stereocenters. The van der Waals surface area contributed by atoms with E-state index in [4.69, 9.17) is 16.3 Å². The number of piperidine rings is 1. The normalized spacial score (nSPS) is 17.1. The van der Waals surface area contributed by atoms with Gasteiger partial charge in [0.05, 0.1) is 23.6 Å². The summed E-state index contributed by atoms with van der Waals surface area (Å²) in [5.41, 5.74) is 1.67. The van der Waals surface area contributed by atoms with Crippen LogP contribution in [0, 0.1) is 5.92 Å². The van der Waals surface area contributed by atoms with Crippen molar-refractivity contribution in [1.29, 1.82) is 0 Å². The lowest BCUT2D eigenvalue weighted by Gasteiger charge is -2.31.